The molecule has 90 valence electrons. The molecule has 0 fully saturated rings. The number of nitrogen functional groups attached to an aromatic ring is 1. The molecule has 5 nitrogen and oxygen atoms in total. The molecule has 0 spiro atoms. The van der Waals surface area contributed by atoms with E-state index >= 15 is 0 Å². The lowest BCUT2D eigenvalue weighted by atomic mass is 10.2. The number of anilines is 2. The molecule has 0 aliphatic rings. The number of hydrogen-bond donors (Lipinski definition) is 2. The van der Waals surface area contributed by atoms with E-state index in [1.165, 1.54) is 0 Å². The van der Waals surface area contributed by atoms with Crippen molar-refractivity contribution in [3.05, 3.63) is 30.5 Å². The van der Waals surface area contributed by atoms with Crippen molar-refractivity contribution in [3.63, 3.8) is 0 Å². The summed E-state index contributed by atoms with van der Waals surface area (Å²) in [6.07, 6.45) is 4.20. The number of rotatable bonds is 7. The first-order valence-electron chi connectivity index (χ1n) is 5.36. The highest BCUT2D eigenvalue weighted by molar-refractivity contribution is 5.68. The van der Waals surface area contributed by atoms with Gasteiger partial charge in [0.05, 0.1) is 24.5 Å². The number of nitrogens with two attached hydrogens (primary N) is 1. The van der Waals surface area contributed by atoms with Crippen LogP contribution in [-0.4, -0.2) is 24.7 Å². The highest BCUT2D eigenvalue weighted by atomic mass is 16.5. The largest absolute Gasteiger partial charge is 0.395 e. The van der Waals surface area contributed by atoms with Crippen molar-refractivity contribution in [2.45, 2.75) is 6.42 Å². The van der Waals surface area contributed by atoms with Crippen molar-refractivity contribution in [3.8, 4) is 6.07 Å². The van der Waals surface area contributed by atoms with Crippen LogP contribution in [0.1, 0.15) is 12.0 Å². The van der Waals surface area contributed by atoms with Crippen molar-refractivity contribution in [2.24, 2.45) is 0 Å². The predicted octanol–water partition coefficient (Wildman–Crippen LogP) is 1.54. The molecule has 1 heterocycles. The average molecular weight is 232 g/mol. The van der Waals surface area contributed by atoms with E-state index in [0.717, 1.165) is 6.42 Å². The van der Waals surface area contributed by atoms with Gasteiger partial charge in [-0.15, -0.1) is 6.58 Å². The van der Waals surface area contributed by atoms with Crippen LogP contribution in [0.25, 0.3) is 0 Å². The molecule has 0 aliphatic heterocycles. The Labute approximate surface area is 101 Å². The molecule has 0 radical (unpaired) electrons. The number of ether oxygens (including phenoxy) is 1. The quantitative estimate of drug-likeness (QED) is 0.550. The van der Waals surface area contributed by atoms with E-state index in [1.54, 1.807) is 12.3 Å². The molecular weight excluding hydrogens is 216 g/mol. The van der Waals surface area contributed by atoms with E-state index in [4.69, 9.17) is 15.7 Å². The Balaban J connectivity index is 2.37. The standard InChI is InChI=1S/C12H16N4O/c1-2-3-7-17-8-6-16-12-11(14)10(9-13)4-5-15-12/h2,4-5H,1,3,6-8,14H2,(H,15,16). The molecule has 0 atom stereocenters. The highest BCUT2D eigenvalue weighted by Gasteiger charge is 2.04. The molecule has 1 aromatic rings. The summed E-state index contributed by atoms with van der Waals surface area (Å²) in [5.74, 6) is 0.524. The maximum Gasteiger partial charge on any atom is 0.150 e. The van der Waals surface area contributed by atoms with Gasteiger partial charge in [-0.3, -0.25) is 0 Å². The van der Waals surface area contributed by atoms with Gasteiger partial charge in [-0.05, 0) is 12.5 Å². The number of nitrogens with zero attached hydrogens (tertiary/aromatic N) is 2. The third kappa shape index (κ3) is 4.13. The minimum Gasteiger partial charge on any atom is -0.395 e. The molecule has 1 rings (SSSR count). The molecule has 5 heteroatoms. The lowest BCUT2D eigenvalue weighted by molar-refractivity contribution is 0.149. The Hall–Kier alpha value is -2.06. The Morgan fingerprint density at radius 1 is 1.59 bits per heavy atom. The summed E-state index contributed by atoms with van der Waals surface area (Å²) < 4.78 is 5.32. The van der Waals surface area contributed by atoms with Crippen LogP contribution in [0.15, 0.2) is 24.9 Å². The van der Waals surface area contributed by atoms with E-state index < -0.39 is 0 Å². The monoisotopic (exact) mass is 232 g/mol. The van der Waals surface area contributed by atoms with Crippen molar-refractivity contribution < 1.29 is 4.74 Å². The molecule has 17 heavy (non-hydrogen) atoms. The van der Waals surface area contributed by atoms with Gasteiger partial charge in [0.2, 0.25) is 0 Å². The summed E-state index contributed by atoms with van der Waals surface area (Å²) in [5.41, 5.74) is 6.56. The van der Waals surface area contributed by atoms with E-state index in [1.807, 2.05) is 12.1 Å². The summed E-state index contributed by atoms with van der Waals surface area (Å²) in [7, 11) is 0. The van der Waals surface area contributed by atoms with Crippen molar-refractivity contribution in [2.75, 3.05) is 30.8 Å². The molecule has 0 saturated carbocycles. The van der Waals surface area contributed by atoms with Gasteiger partial charge in [-0.25, -0.2) is 4.98 Å². The van der Waals surface area contributed by atoms with E-state index in [0.29, 0.717) is 36.8 Å². The molecule has 0 bridgehead atoms. The minimum atomic E-state index is 0.376. The molecule has 0 unspecified atom stereocenters. The van der Waals surface area contributed by atoms with Gasteiger partial charge in [0.25, 0.3) is 0 Å². The molecule has 0 amide bonds. The fourth-order valence-corrected chi connectivity index (χ4v) is 1.22. The summed E-state index contributed by atoms with van der Waals surface area (Å²) in [6.45, 7) is 5.42. The van der Waals surface area contributed by atoms with E-state index in [9.17, 15) is 0 Å². The summed E-state index contributed by atoms with van der Waals surface area (Å²) in [4.78, 5) is 4.06. The molecule has 0 saturated heterocycles. The van der Waals surface area contributed by atoms with Crippen LogP contribution < -0.4 is 11.1 Å². The molecular formula is C12H16N4O. The van der Waals surface area contributed by atoms with Crippen LogP contribution in [0.2, 0.25) is 0 Å². The smallest absolute Gasteiger partial charge is 0.150 e. The maximum atomic E-state index is 8.79. The fraction of sp³-hybridized carbons (Fsp3) is 0.333. The fourth-order valence-electron chi connectivity index (χ4n) is 1.22. The van der Waals surface area contributed by atoms with Crippen molar-refractivity contribution in [1.82, 2.24) is 4.98 Å². The second-order valence-electron chi connectivity index (χ2n) is 3.35. The Morgan fingerprint density at radius 2 is 2.41 bits per heavy atom. The topological polar surface area (TPSA) is 84.0 Å². The number of nitrogens with one attached hydrogen (secondary N) is 1. The predicted molar refractivity (Wildman–Crippen MR) is 67.5 cm³/mol. The zero-order chi connectivity index (χ0) is 12.5. The van der Waals surface area contributed by atoms with Gasteiger partial charge < -0.3 is 15.8 Å². The lowest BCUT2D eigenvalue weighted by Crippen LogP contribution is -2.12. The first-order chi connectivity index (χ1) is 8.29. The third-order valence-corrected chi connectivity index (χ3v) is 2.12. The van der Waals surface area contributed by atoms with Crippen LogP contribution in [0.3, 0.4) is 0 Å². The first kappa shape index (κ1) is 13.0. The normalized spacial score (nSPS) is 9.59. The molecule has 0 aromatic carbocycles. The number of pyridine rings is 1. The lowest BCUT2D eigenvalue weighted by Gasteiger charge is -2.08. The van der Waals surface area contributed by atoms with E-state index in [-0.39, 0.29) is 0 Å². The number of nitriles is 1. The Kier molecular flexibility index (Phi) is 5.55. The molecule has 3 N–H and O–H groups in total. The Bertz CT molecular complexity index is 411. The second kappa shape index (κ2) is 7.25. The number of aromatic nitrogens is 1. The molecule has 1 aromatic heterocycles. The van der Waals surface area contributed by atoms with Gasteiger partial charge >= 0.3 is 0 Å². The maximum absolute atomic E-state index is 8.79. The average Bonchev–Trinajstić information content (AvgIpc) is 2.35. The van der Waals surface area contributed by atoms with Gasteiger partial charge in [-0.2, -0.15) is 5.26 Å². The van der Waals surface area contributed by atoms with Gasteiger partial charge in [-0.1, -0.05) is 6.08 Å². The van der Waals surface area contributed by atoms with Crippen LogP contribution in [-0.2, 0) is 4.74 Å². The van der Waals surface area contributed by atoms with Crippen molar-refractivity contribution in [1.29, 1.82) is 5.26 Å². The number of hydrogen-bond acceptors (Lipinski definition) is 5. The SMILES string of the molecule is C=CCCOCCNc1nccc(C#N)c1N. The van der Waals surface area contributed by atoms with Gasteiger partial charge in [0.15, 0.2) is 5.82 Å². The summed E-state index contributed by atoms with van der Waals surface area (Å²) in [5, 5.41) is 11.8. The van der Waals surface area contributed by atoms with Gasteiger partial charge in [0, 0.05) is 12.7 Å². The summed E-state index contributed by atoms with van der Waals surface area (Å²) >= 11 is 0. The van der Waals surface area contributed by atoms with E-state index in [2.05, 4.69) is 16.9 Å². The van der Waals surface area contributed by atoms with Crippen LogP contribution in [0.4, 0.5) is 11.5 Å². The Morgan fingerprint density at radius 3 is 3.12 bits per heavy atom. The second-order valence-corrected chi connectivity index (χ2v) is 3.35. The zero-order valence-electron chi connectivity index (χ0n) is 9.65. The van der Waals surface area contributed by atoms with Gasteiger partial charge in [0.1, 0.15) is 6.07 Å². The highest BCUT2D eigenvalue weighted by Crippen LogP contribution is 2.18. The zero-order valence-corrected chi connectivity index (χ0v) is 9.65. The third-order valence-electron chi connectivity index (χ3n) is 2.12. The van der Waals surface area contributed by atoms with Crippen LogP contribution in [0.5, 0.6) is 0 Å². The summed E-state index contributed by atoms with van der Waals surface area (Å²) in [6, 6.07) is 3.59. The van der Waals surface area contributed by atoms with Crippen molar-refractivity contribution >= 4 is 11.5 Å². The first-order valence-corrected chi connectivity index (χ1v) is 5.36. The molecule has 0 aliphatic carbocycles. The van der Waals surface area contributed by atoms with Crippen LogP contribution in [0, 0.1) is 11.3 Å². The minimum absolute atomic E-state index is 0.376. The van der Waals surface area contributed by atoms with Crippen LogP contribution >= 0.6 is 0 Å².